The number of carbonyl (C=O) groups is 1. The van der Waals surface area contributed by atoms with Crippen LogP contribution in [0.4, 0.5) is 17.1 Å². The third-order valence-corrected chi connectivity index (χ3v) is 4.75. The molecular formula is C20H25ClN4O3. The van der Waals surface area contributed by atoms with Crippen LogP contribution in [0.3, 0.4) is 0 Å². The summed E-state index contributed by atoms with van der Waals surface area (Å²) in [6, 6.07) is 13.7. The van der Waals surface area contributed by atoms with E-state index in [0.717, 1.165) is 25.2 Å². The van der Waals surface area contributed by atoms with Crippen LogP contribution in [-0.2, 0) is 0 Å². The first-order chi connectivity index (χ1) is 13.1. The Kier molecular flexibility index (Phi) is 8.22. The van der Waals surface area contributed by atoms with Gasteiger partial charge in [-0.3, -0.25) is 14.9 Å². The molecule has 0 bridgehead atoms. The number of nitro benzene ring substituents is 1. The molecule has 1 aliphatic heterocycles. The number of carbonyl (C=O) groups excluding carboxylic acids is 1. The fourth-order valence-corrected chi connectivity index (χ4v) is 3.27. The molecule has 1 unspecified atom stereocenters. The Morgan fingerprint density at radius 1 is 1.21 bits per heavy atom. The smallest absolute Gasteiger partial charge is 0.293 e. The van der Waals surface area contributed by atoms with Gasteiger partial charge in [0.1, 0.15) is 5.69 Å². The SMILES string of the molecule is Cl.O=C(NCCC1CCCNC1)c1ccc(Nc2ccccc2)c([N+](=O)[O-])c1. The highest BCUT2D eigenvalue weighted by molar-refractivity contribution is 5.95. The molecule has 28 heavy (non-hydrogen) atoms. The maximum Gasteiger partial charge on any atom is 0.293 e. The van der Waals surface area contributed by atoms with Crippen LogP contribution in [0, 0.1) is 16.0 Å². The lowest BCUT2D eigenvalue weighted by atomic mass is 9.96. The number of para-hydroxylation sites is 1. The van der Waals surface area contributed by atoms with E-state index in [1.54, 1.807) is 12.1 Å². The van der Waals surface area contributed by atoms with Gasteiger partial charge in [0.15, 0.2) is 0 Å². The fourth-order valence-electron chi connectivity index (χ4n) is 3.27. The number of nitrogens with one attached hydrogen (secondary N) is 3. The summed E-state index contributed by atoms with van der Waals surface area (Å²) in [6.07, 6.45) is 3.25. The predicted molar refractivity (Wildman–Crippen MR) is 113 cm³/mol. The second kappa shape index (κ2) is 10.6. The van der Waals surface area contributed by atoms with Gasteiger partial charge in [-0.15, -0.1) is 12.4 Å². The van der Waals surface area contributed by atoms with Crippen LogP contribution in [0.15, 0.2) is 48.5 Å². The minimum Gasteiger partial charge on any atom is -0.352 e. The number of piperidine rings is 1. The molecule has 0 aliphatic carbocycles. The van der Waals surface area contributed by atoms with Crippen molar-refractivity contribution in [1.82, 2.24) is 10.6 Å². The molecule has 8 heteroatoms. The number of rotatable bonds is 7. The zero-order valence-corrected chi connectivity index (χ0v) is 16.3. The number of hydrogen-bond donors (Lipinski definition) is 3. The fraction of sp³-hybridized carbons (Fsp3) is 0.350. The summed E-state index contributed by atoms with van der Waals surface area (Å²) in [6.45, 7) is 2.63. The van der Waals surface area contributed by atoms with Crippen molar-refractivity contribution in [2.24, 2.45) is 5.92 Å². The number of benzene rings is 2. The lowest BCUT2D eigenvalue weighted by Crippen LogP contribution is -2.33. The van der Waals surface area contributed by atoms with Gasteiger partial charge in [-0.25, -0.2) is 0 Å². The number of nitro groups is 1. The van der Waals surface area contributed by atoms with Crippen LogP contribution >= 0.6 is 12.4 Å². The van der Waals surface area contributed by atoms with Crippen molar-refractivity contribution in [1.29, 1.82) is 0 Å². The van der Waals surface area contributed by atoms with Crippen LogP contribution in [0.2, 0.25) is 0 Å². The molecule has 7 nitrogen and oxygen atoms in total. The Bertz CT molecular complexity index is 795. The molecule has 0 radical (unpaired) electrons. The minimum atomic E-state index is -0.476. The predicted octanol–water partition coefficient (Wildman–Crippen LogP) is 3.88. The van der Waals surface area contributed by atoms with Crippen LogP contribution in [0.5, 0.6) is 0 Å². The third-order valence-electron chi connectivity index (χ3n) is 4.75. The van der Waals surface area contributed by atoms with Gasteiger partial charge in [0.25, 0.3) is 11.6 Å². The second-order valence-electron chi connectivity index (χ2n) is 6.74. The van der Waals surface area contributed by atoms with Gasteiger partial charge >= 0.3 is 0 Å². The molecule has 1 saturated heterocycles. The molecule has 1 amide bonds. The Labute approximate surface area is 170 Å². The summed E-state index contributed by atoms with van der Waals surface area (Å²) in [7, 11) is 0. The van der Waals surface area contributed by atoms with E-state index in [1.165, 1.54) is 18.9 Å². The first-order valence-electron chi connectivity index (χ1n) is 9.23. The number of halogens is 1. The molecule has 0 spiro atoms. The number of nitrogens with zero attached hydrogens (tertiary/aromatic N) is 1. The molecule has 0 aromatic heterocycles. The van der Waals surface area contributed by atoms with E-state index in [2.05, 4.69) is 16.0 Å². The van der Waals surface area contributed by atoms with Crippen LogP contribution < -0.4 is 16.0 Å². The average molecular weight is 405 g/mol. The number of amides is 1. The van der Waals surface area contributed by atoms with E-state index in [9.17, 15) is 14.9 Å². The summed E-state index contributed by atoms with van der Waals surface area (Å²) in [4.78, 5) is 23.3. The third kappa shape index (κ3) is 5.94. The second-order valence-corrected chi connectivity index (χ2v) is 6.74. The van der Waals surface area contributed by atoms with Crippen LogP contribution in [0.25, 0.3) is 0 Å². The van der Waals surface area contributed by atoms with Crippen molar-refractivity contribution >= 4 is 35.4 Å². The molecule has 1 fully saturated rings. The quantitative estimate of drug-likeness (QED) is 0.480. The van der Waals surface area contributed by atoms with Gasteiger partial charge in [-0.2, -0.15) is 0 Å². The van der Waals surface area contributed by atoms with Gasteiger partial charge in [0.05, 0.1) is 4.92 Å². The molecule has 3 N–H and O–H groups in total. The van der Waals surface area contributed by atoms with Crippen molar-refractivity contribution in [3.63, 3.8) is 0 Å². The standard InChI is InChI=1S/C20H24N4O3.ClH/c25-20(22-12-10-15-5-4-11-21-14-15)16-8-9-18(19(13-16)24(26)27)23-17-6-2-1-3-7-17;/h1-3,6-9,13,15,21,23H,4-5,10-12,14H2,(H,22,25);1H. The number of hydrogen-bond acceptors (Lipinski definition) is 5. The van der Waals surface area contributed by atoms with Gasteiger partial charge in [-0.05, 0) is 62.5 Å². The van der Waals surface area contributed by atoms with E-state index in [0.29, 0.717) is 23.7 Å². The van der Waals surface area contributed by atoms with Crippen molar-refractivity contribution in [2.75, 3.05) is 25.0 Å². The molecule has 1 aliphatic rings. The molecule has 2 aromatic carbocycles. The monoisotopic (exact) mass is 404 g/mol. The zero-order chi connectivity index (χ0) is 19.1. The summed E-state index contributed by atoms with van der Waals surface area (Å²) in [5.74, 6) is 0.291. The van der Waals surface area contributed by atoms with Crippen molar-refractivity contribution < 1.29 is 9.72 Å². The van der Waals surface area contributed by atoms with E-state index in [-0.39, 0.29) is 24.0 Å². The Morgan fingerprint density at radius 2 is 2.00 bits per heavy atom. The summed E-state index contributed by atoms with van der Waals surface area (Å²) in [5.41, 5.74) is 1.28. The van der Waals surface area contributed by atoms with E-state index in [4.69, 9.17) is 0 Å². The highest BCUT2D eigenvalue weighted by Gasteiger charge is 2.18. The summed E-state index contributed by atoms with van der Waals surface area (Å²) >= 11 is 0. The molecule has 1 heterocycles. The highest BCUT2D eigenvalue weighted by Crippen LogP contribution is 2.28. The van der Waals surface area contributed by atoms with Gasteiger partial charge in [0.2, 0.25) is 0 Å². The first-order valence-corrected chi connectivity index (χ1v) is 9.23. The summed E-state index contributed by atoms with van der Waals surface area (Å²) in [5, 5.41) is 20.7. The topological polar surface area (TPSA) is 96.3 Å². The van der Waals surface area contributed by atoms with Crippen LogP contribution in [-0.4, -0.2) is 30.5 Å². The van der Waals surface area contributed by atoms with Crippen molar-refractivity contribution in [2.45, 2.75) is 19.3 Å². The maximum absolute atomic E-state index is 12.4. The normalized spacial score (nSPS) is 15.9. The molecule has 0 saturated carbocycles. The zero-order valence-electron chi connectivity index (χ0n) is 15.5. The Balaban J connectivity index is 0.00000280. The lowest BCUT2D eigenvalue weighted by molar-refractivity contribution is -0.383. The van der Waals surface area contributed by atoms with Crippen molar-refractivity contribution in [3.8, 4) is 0 Å². The number of anilines is 2. The lowest BCUT2D eigenvalue weighted by Gasteiger charge is -2.22. The molecule has 1 atom stereocenters. The minimum absolute atomic E-state index is 0. The van der Waals surface area contributed by atoms with E-state index in [1.807, 2.05) is 30.3 Å². The maximum atomic E-state index is 12.4. The van der Waals surface area contributed by atoms with E-state index >= 15 is 0 Å². The van der Waals surface area contributed by atoms with Gasteiger partial charge in [-0.1, -0.05) is 18.2 Å². The highest BCUT2D eigenvalue weighted by atomic mass is 35.5. The van der Waals surface area contributed by atoms with Crippen LogP contribution in [0.1, 0.15) is 29.6 Å². The van der Waals surface area contributed by atoms with E-state index < -0.39 is 4.92 Å². The average Bonchev–Trinajstić information content (AvgIpc) is 2.69. The van der Waals surface area contributed by atoms with Gasteiger partial charge < -0.3 is 16.0 Å². The Morgan fingerprint density at radius 3 is 2.68 bits per heavy atom. The Hall–Kier alpha value is -2.64. The molecule has 150 valence electrons. The molecule has 2 aromatic rings. The molecular weight excluding hydrogens is 380 g/mol. The van der Waals surface area contributed by atoms with Gasteiger partial charge in [0, 0.05) is 23.9 Å². The summed E-state index contributed by atoms with van der Waals surface area (Å²) < 4.78 is 0. The molecule has 3 rings (SSSR count). The van der Waals surface area contributed by atoms with Crippen molar-refractivity contribution in [3.05, 3.63) is 64.2 Å². The first kappa shape index (κ1) is 21.7. The largest absolute Gasteiger partial charge is 0.352 e.